The number of hydrogen-bond donors (Lipinski definition) is 0. The Morgan fingerprint density at radius 2 is 0.881 bits per heavy atom. The highest BCUT2D eigenvalue weighted by molar-refractivity contribution is 6.91. The van der Waals surface area contributed by atoms with Crippen molar-refractivity contribution in [3.05, 3.63) is 187 Å². The Bertz CT molecular complexity index is 3840. The molecular formula is C62H55BN4. The van der Waals surface area contributed by atoms with E-state index >= 15 is 0 Å². The van der Waals surface area contributed by atoms with Crippen LogP contribution in [0.2, 0.25) is 0 Å². The molecule has 5 heterocycles. The van der Waals surface area contributed by atoms with Gasteiger partial charge in [0.15, 0.2) is 0 Å². The highest BCUT2D eigenvalue weighted by Gasteiger charge is 2.47. The van der Waals surface area contributed by atoms with Gasteiger partial charge in [0, 0.05) is 66.4 Å². The number of nitrogens with zero attached hydrogens (tertiary/aromatic N) is 4. The van der Waals surface area contributed by atoms with Crippen LogP contribution in [-0.2, 0) is 16.2 Å². The molecule has 5 heteroatoms. The van der Waals surface area contributed by atoms with Gasteiger partial charge in [-0.15, -0.1) is 0 Å². The zero-order valence-corrected chi connectivity index (χ0v) is 40.0. The summed E-state index contributed by atoms with van der Waals surface area (Å²) in [5.41, 5.74) is 20.1. The monoisotopic (exact) mass is 866 g/mol. The third-order valence-electron chi connectivity index (χ3n) is 15.0. The number of aromatic nitrogens is 3. The fourth-order valence-corrected chi connectivity index (χ4v) is 11.6. The lowest BCUT2D eigenvalue weighted by Gasteiger charge is -2.41. The van der Waals surface area contributed by atoms with Crippen LogP contribution in [0.25, 0.3) is 77.0 Å². The molecule has 0 spiro atoms. The largest absolute Gasteiger partial charge is 0.375 e. The molecule has 0 amide bonds. The highest BCUT2D eigenvalue weighted by Crippen LogP contribution is 2.51. The lowest BCUT2D eigenvalue weighted by Crippen LogP contribution is -2.56. The van der Waals surface area contributed by atoms with Crippen LogP contribution in [0, 0.1) is 0 Å². The first-order valence-corrected chi connectivity index (χ1v) is 24.1. The maximum Gasteiger partial charge on any atom is 0.335 e. The average Bonchev–Trinajstić information content (AvgIpc) is 3.95. The average molecular weight is 867 g/mol. The molecule has 326 valence electrons. The molecular weight excluding hydrogens is 812 g/mol. The molecule has 0 atom stereocenters. The maximum atomic E-state index is 2.77. The minimum Gasteiger partial charge on any atom is -0.375 e. The summed E-state index contributed by atoms with van der Waals surface area (Å²) in [6, 6.07) is 64.7. The van der Waals surface area contributed by atoms with Crippen molar-refractivity contribution >= 4 is 89.5 Å². The Hall–Kier alpha value is -7.24. The van der Waals surface area contributed by atoms with Crippen molar-refractivity contribution in [1.29, 1.82) is 0 Å². The van der Waals surface area contributed by atoms with Crippen molar-refractivity contribution < 1.29 is 0 Å². The van der Waals surface area contributed by atoms with Gasteiger partial charge in [-0.2, -0.15) is 0 Å². The summed E-state index contributed by atoms with van der Waals surface area (Å²) in [5.74, 6) is 1.19. The van der Waals surface area contributed by atoms with Gasteiger partial charge in [-0.25, -0.2) is 0 Å². The SMILES string of the molecule is CC(C)(C)c1ccc(N2c3cc(C(C)(C)C)cc4c3B(c3c2n(-c2ccccc2)c2ccccc32)n2c3cc5c6ccccc6n(-c6ccccc6)c5cc3c3cc(C(C)(C)C)cc-4c32)cc1. The summed E-state index contributed by atoms with van der Waals surface area (Å²) in [5, 5.41) is 6.39. The second kappa shape index (κ2) is 13.7. The van der Waals surface area contributed by atoms with Gasteiger partial charge in [-0.05, 0) is 128 Å². The van der Waals surface area contributed by atoms with Crippen molar-refractivity contribution in [3.63, 3.8) is 0 Å². The van der Waals surface area contributed by atoms with E-state index in [-0.39, 0.29) is 23.1 Å². The molecule has 11 aromatic rings. The Kier molecular flexibility index (Phi) is 8.18. The standard InChI is InChI=1S/C62H55BN4/c1-60(2,3)38-28-30-43(31-29-38)66-55-35-40(62(7,8)9)32-48-50-34-39(61(4,5)6)33-49-47-36-53-46(44-24-16-18-26-51(44)64(53)41-20-12-10-13-21-41)37-54(47)67(58(49)50)63(56(48)55)57-45-25-17-19-27-52(45)65(59(57)66)42-22-14-11-15-23-42/h10-37H,1-9H3. The van der Waals surface area contributed by atoms with E-state index in [0.717, 1.165) is 11.4 Å². The van der Waals surface area contributed by atoms with Crippen molar-refractivity contribution in [2.45, 2.75) is 78.6 Å². The zero-order chi connectivity index (χ0) is 45.9. The molecule has 13 rings (SSSR count). The molecule has 8 aromatic carbocycles. The summed E-state index contributed by atoms with van der Waals surface area (Å²) in [7, 11) is 0. The fourth-order valence-electron chi connectivity index (χ4n) is 11.6. The molecule has 4 nitrogen and oxygen atoms in total. The number of benzene rings is 8. The van der Waals surface area contributed by atoms with Crippen LogP contribution in [0.5, 0.6) is 0 Å². The van der Waals surface area contributed by atoms with Gasteiger partial charge in [-0.1, -0.05) is 153 Å². The number of hydrogen-bond acceptors (Lipinski definition) is 1. The van der Waals surface area contributed by atoms with Crippen LogP contribution in [0.4, 0.5) is 17.2 Å². The van der Waals surface area contributed by atoms with Crippen molar-refractivity contribution in [1.82, 2.24) is 13.6 Å². The maximum absolute atomic E-state index is 2.77. The van der Waals surface area contributed by atoms with E-state index in [1.165, 1.54) is 110 Å². The molecule has 2 aliphatic rings. The van der Waals surface area contributed by atoms with Crippen LogP contribution in [-0.4, -0.2) is 20.5 Å². The second-order valence-electron chi connectivity index (χ2n) is 22.3. The quantitative estimate of drug-likeness (QED) is 0.162. The number of para-hydroxylation sites is 4. The van der Waals surface area contributed by atoms with E-state index in [0.29, 0.717) is 0 Å². The van der Waals surface area contributed by atoms with Crippen molar-refractivity contribution in [2.75, 3.05) is 4.90 Å². The first-order valence-electron chi connectivity index (χ1n) is 24.1. The molecule has 67 heavy (non-hydrogen) atoms. The van der Waals surface area contributed by atoms with E-state index in [9.17, 15) is 0 Å². The van der Waals surface area contributed by atoms with Crippen LogP contribution in [0.15, 0.2) is 170 Å². The Balaban J connectivity index is 1.25. The molecule has 0 bridgehead atoms. The summed E-state index contributed by atoms with van der Waals surface area (Å²) in [6.45, 7) is 21.0. The number of rotatable bonds is 3. The number of fused-ring (bicyclic) bond motifs is 12. The Labute approximate surface area is 393 Å². The van der Waals surface area contributed by atoms with E-state index in [1.807, 2.05) is 0 Å². The van der Waals surface area contributed by atoms with Crippen LogP contribution >= 0.6 is 0 Å². The topological polar surface area (TPSA) is 18.0 Å². The van der Waals surface area contributed by atoms with Crippen molar-refractivity contribution in [2.24, 2.45) is 0 Å². The second-order valence-corrected chi connectivity index (χ2v) is 22.3. The van der Waals surface area contributed by atoms with Gasteiger partial charge < -0.3 is 9.05 Å². The summed E-state index contributed by atoms with van der Waals surface area (Å²) in [6.07, 6.45) is 0. The fraction of sp³-hybridized carbons (Fsp3) is 0.194. The molecule has 0 N–H and O–H groups in total. The van der Waals surface area contributed by atoms with Crippen LogP contribution in [0.3, 0.4) is 0 Å². The van der Waals surface area contributed by atoms with Gasteiger partial charge in [0.05, 0.1) is 16.6 Å². The van der Waals surface area contributed by atoms with Gasteiger partial charge in [-0.3, -0.25) is 9.47 Å². The predicted molar refractivity (Wildman–Crippen MR) is 287 cm³/mol. The van der Waals surface area contributed by atoms with Gasteiger partial charge in [0.2, 0.25) is 0 Å². The minimum absolute atomic E-state index is 0.0229. The Morgan fingerprint density at radius 3 is 1.52 bits per heavy atom. The van der Waals surface area contributed by atoms with Gasteiger partial charge in [0.1, 0.15) is 5.82 Å². The van der Waals surface area contributed by atoms with Gasteiger partial charge in [0.25, 0.3) is 0 Å². The smallest absolute Gasteiger partial charge is 0.335 e. The van der Waals surface area contributed by atoms with E-state index in [4.69, 9.17) is 0 Å². The third-order valence-corrected chi connectivity index (χ3v) is 15.0. The zero-order valence-electron chi connectivity index (χ0n) is 40.0. The van der Waals surface area contributed by atoms with Crippen LogP contribution in [0.1, 0.15) is 79.0 Å². The predicted octanol–water partition coefficient (Wildman–Crippen LogP) is 15.1. The summed E-state index contributed by atoms with van der Waals surface area (Å²) >= 11 is 0. The molecule has 0 radical (unpaired) electrons. The normalized spacial score (nSPS) is 13.7. The lowest BCUT2D eigenvalue weighted by atomic mass is 9.45. The van der Waals surface area contributed by atoms with Gasteiger partial charge >= 0.3 is 6.85 Å². The van der Waals surface area contributed by atoms with E-state index in [2.05, 4.69) is 251 Å². The summed E-state index contributed by atoms with van der Waals surface area (Å²) in [4.78, 5) is 2.62. The molecule has 3 aromatic heterocycles. The van der Waals surface area contributed by atoms with Crippen LogP contribution < -0.4 is 15.8 Å². The third kappa shape index (κ3) is 5.67. The number of anilines is 3. The molecule has 2 aliphatic heterocycles. The minimum atomic E-state index is -0.123. The molecule has 0 saturated carbocycles. The van der Waals surface area contributed by atoms with Crippen molar-refractivity contribution in [3.8, 4) is 22.5 Å². The highest BCUT2D eigenvalue weighted by atomic mass is 15.3. The van der Waals surface area contributed by atoms with E-state index in [1.54, 1.807) is 0 Å². The lowest BCUT2D eigenvalue weighted by molar-refractivity contribution is 0.589. The van der Waals surface area contributed by atoms with E-state index < -0.39 is 0 Å². The molecule has 0 fully saturated rings. The Morgan fingerprint density at radius 1 is 0.358 bits per heavy atom. The first-order chi connectivity index (χ1) is 32.2. The molecule has 0 aliphatic carbocycles. The first kappa shape index (κ1) is 40.1. The molecule has 0 saturated heterocycles. The molecule has 0 unspecified atom stereocenters. The summed E-state index contributed by atoms with van der Waals surface area (Å²) < 4.78 is 7.78.